The fraction of sp³-hybridized carbons (Fsp3) is 0.172. The van der Waals surface area contributed by atoms with Crippen molar-refractivity contribution in [2.75, 3.05) is 10.6 Å². The van der Waals surface area contributed by atoms with Crippen molar-refractivity contribution in [3.63, 3.8) is 0 Å². The van der Waals surface area contributed by atoms with Crippen molar-refractivity contribution < 1.29 is 14.4 Å². The number of amides is 2. The third-order valence-electron chi connectivity index (χ3n) is 6.51. The molecule has 1 aromatic heterocycles. The minimum Gasteiger partial charge on any atom is -0.383 e. The Hall–Kier alpha value is -4.44. The number of imide groups is 1. The summed E-state index contributed by atoms with van der Waals surface area (Å²) in [5.74, 6) is -1.00. The maximum absolute atomic E-state index is 13.3. The monoisotopic (exact) mass is 553 g/mol. The number of anilines is 2. The molecule has 39 heavy (non-hydrogen) atoms. The summed E-state index contributed by atoms with van der Waals surface area (Å²) in [6.07, 6.45) is 4.73. The Labute approximate surface area is 233 Å². The van der Waals surface area contributed by atoms with E-state index in [1.165, 1.54) is 6.08 Å². The van der Waals surface area contributed by atoms with E-state index in [-0.39, 0.29) is 40.1 Å². The maximum atomic E-state index is 13.3. The van der Waals surface area contributed by atoms with E-state index in [9.17, 15) is 24.9 Å². The van der Waals surface area contributed by atoms with Gasteiger partial charge in [-0.2, -0.15) is 10.5 Å². The van der Waals surface area contributed by atoms with E-state index in [1.807, 2.05) is 6.07 Å². The van der Waals surface area contributed by atoms with E-state index < -0.39 is 17.1 Å². The number of rotatable bonds is 7. The third-order valence-corrected chi connectivity index (χ3v) is 7.93. The fourth-order valence-electron chi connectivity index (χ4n) is 4.41. The SMILES string of the molecule is N#Cc1c(N)nc(SC2CC(=O)N(c3ccc(C(=O)C=Cc4ccc(Cl)cc4)cc3)C2=O)c(C#N)c1C1CC1. The number of benzene rings is 2. The smallest absolute Gasteiger partial charge is 0.247 e. The lowest BCUT2D eigenvalue weighted by Gasteiger charge is -2.16. The second-order valence-electron chi connectivity index (χ2n) is 9.14. The van der Waals surface area contributed by atoms with Gasteiger partial charge in [-0.05, 0) is 72.4 Å². The zero-order valence-electron chi connectivity index (χ0n) is 20.4. The highest BCUT2D eigenvalue weighted by Crippen LogP contribution is 2.47. The zero-order chi connectivity index (χ0) is 27.7. The first kappa shape index (κ1) is 26.2. The number of thioether (sulfide) groups is 1. The van der Waals surface area contributed by atoms with Crippen LogP contribution in [0.1, 0.15) is 57.8 Å². The molecule has 2 aromatic carbocycles. The second-order valence-corrected chi connectivity index (χ2v) is 10.8. The number of allylic oxidation sites excluding steroid dienone is 1. The first-order valence-electron chi connectivity index (χ1n) is 12.1. The largest absolute Gasteiger partial charge is 0.383 e. The number of nitrogen functional groups attached to an aromatic ring is 1. The van der Waals surface area contributed by atoms with Crippen LogP contribution in [0.25, 0.3) is 6.08 Å². The summed E-state index contributed by atoms with van der Waals surface area (Å²) in [6, 6.07) is 17.4. The number of ketones is 1. The molecule has 1 atom stereocenters. The highest BCUT2D eigenvalue weighted by atomic mass is 35.5. The molecule has 1 saturated carbocycles. The first-order chi connectivity index (χ1) is 18.8. The molecule has 10 heteroatoms. The van der Waals surface area contributed by atoms with Gasteiger partial charge in [0.15, 0.2) is 5.78 Å². The van der Waals surface area contributed by atoms with Crippen LogP contribution in [-0.4, -0.2) is 27.8 Å². The lowest BCUT2D eigenvalue weighted by Crippen LogP contribution is -2.31. The van der Waals surface area contributed by atoms with Gasteiger partial charge >= 0.3 is 0 Å². The third kappa shape index (κ3) is 5.28. The van der Waals surface area contributed by atoms with Crippen LogP contribution in [0.4, 0.5) is 11.5 Å². The Morgan fingerprint density at radius 2 is 1.72 bits per heavy atom. The molecule has 5 rings (SSSR count). The van der Waals surface area contributed by atoms with E-state index in [2.05, 4.69) is 11.1 Å². The van der Waals surface area contributed by atoms with Gasteiger partial charge in [0, 0.05) is 17.0 Å². The van der Waals surface area contributed by atoms with Crippen LogP contribution in [0, 0.1) is 22.7 Å². The van der Waals surface area contributed by atoms with E-state index >= 15 is 0 Å². The summed E-state index contributed by atoms with van der Waals surface area (Å²) in [5.41, 5.74) is 8.60. The number of carbonyl (C=O) groups excluding carboxylic acids is 3. The van der Waals surface area contributed by atoms with Crippen LogP contribution in [0.3, 0.4) is 0 Å². The highest BCUT2D eigenvalue weighted by Gasteiger charge is 2.42. The molecule has 2 fully saturated rings. The predicted molar refractivity (Wildman–Crippen MR) is 148 cm³/mol. The summed E-state index contributed by atoms with van der Waals surface area (Å²) in [4.78, 5) is 44.0. The molecule has 8 nitrogen and oxygen atoms in total. The minimum absolute atomic E-state index is 0.0138. The molecule has 2 aliphatic rings. The quantitative estimate of drug-likeness (QED) is 0.237. The van der Waals surface area contributed by atoms with Crippen molar-refractivity contribution in [3.8, 4) is 12.1 Å². The zero-order valence-corrected chi connectivity index (χ0v) is 22.0. The van der Waals surface area contributed by atoms with E-state index in [4.69, 9.17) is 17.3 Å². The second kappa shape index (κ2) is 10.7. The Bertz CT molecular complexity index is 1620. The molecule has 2 amide bonds. The molecule has 1 aliphatic heterocycles. The van der Waals surface area contributed by atoms with Gasteiger partial charge in [-0.1, -0.05) is 41.6 Å². The molecule has 1 aliphatic carbocycles. The average Bonchev–Trinajstić information content (AvgIpc) is 3.73. The molecule has 2 N–H and O–H groups in total. The molecular formula is C29H20ClN5O3S. The van der Waals surface area contributed by atoms with Gasteiger partial charge in [-0.25, -0.2) is 9.88 Å². The number of nitrogens with two attached hydrogens (primary N) is 1. The molecule has 2 heterocycles. The van der Waals surface area contributed by atoms with Crippen molar-refractivity contribution in [1.29, 1.82) is 10.5 Å². The lowest BCUT2D eigenvalue weighted by atomic mass is 10.0. The van der Waals surface area contributed by atoms with Gasteiger partial charge in [-0.15, -0.1) is 0 Å². The van der Waals surface area contributed by atoms with Crippen molar-refractivity contribution in [2.45, 2.75) is 35.5 Å². The van der Waals surface area contributed by atoms with Gasteiger partial charge in [0.25, 0.3) is 0 Å². The van der Waals surface area contributed by atoms with Crippen molar-refractivity contribution in [3.05, 3.63) is 87.4 Å². The molecule has 0 bridgehead atoms. The Balaban J connectivity index is 1.33. The molecule has 1 saturated heterocycles. The van der Waals surface area contributed by atoms with Gasteiger partial charge in [0.1, 0.15) is 23.0 Å². The topological polar surface area (TPSA) is 141 Å². The maximum Gasteiger partial charge on any atom is 0.247 e. The van der Waals surface area contributed by atoms with Crippen LogP contribution in [0.15, 0.2) is 59.6 Å². The number of pyridine rings is 1. The standard InChI is InChI=1S/C29H20ClN5O3S/c30-19-8-1-16(2-9-19)3-12-23(36)17-6-10-20(11-7-17)35-25(37)13-24(29(35)38)39-28-22(15-32)26(18-4-5-18)21(14-31)27(33)34-28/h1-3,6-12,18,24H,4-5,13H2,(H2,33,34). The van der Waals surface area contributed by atoms with Crippen molar-refractivity contribution in [2.24, 2.45) is 0 Å². The van der Waals surface area contributed by atoms with Crippen LogP contribution < -0.4 is 10.6 Å². The van der Waals surface area contributed by atoms with Crippen LogP contribution in [0.5, 0.6) is 0 Å². The van der Waals surface area contributed by atoms with E-state index in [1.54, 1.807) is 54.6 Å². The molecule has 3 aromatic rings. The molecule has 192 valence electrons. The van der Waals surface area contributed by atoms with Crippen molar-refractivity contribution >= 4 is 58.5 Å². The number of carbonyl (C=O) groups is 3. The number of hydrogen-bond acceptors (Lipinski definition) is 8. The first-order valence-corrected chi connectivity index (χ1v) is 13.3. The number of nitriles is 2. The van der Waals surface area contributed by atoms with Crippen molar-refractivity contribution in [1.82, 2.24) is 4.98 Å². The van der Waals surface area contributed by atoms with Gasteiger partial charge in [-0.3, -0.25) is 14.4 Å². The van der Waals surface area contributed by atoms with Gasteiger partial charge in [0.2, 0.25) is 11.8 Å². The summed E-state index contributed by atoms with van der Waals surface area (Å²) >= 11 is 6.90. The summed E-state index contributed by atoms with van der Waals surface area (Å²) in [5, 5.41) is 19.4. The average molecular weight is 554 g/mol. The van der Waals surface area contributed by atoms with Crippen LogP contribution in [0.2, 0.25) is 5.02 Å². The summed E-state index contributed by atoms with van der Waals surface area (Å²) in [7, 11) is 0. The predicted octanol–water partition coefficient (Wildman–Crippen LogP) is 5.26. The molecule has 0 spiro atoms. The molecule has 0 radical (unpaired) electrons. The number of halogens is 1. The number of nitrogens with zero attached hydrogens (tertiary/aromatic N) is 4. The normalized spacial score (nSPS) is 16.9. The lowest BCUT2D eigenvalue weighted by molar-refractivity contribution is -0.121. The number of hydrogen-bond donors (Lipinski definition) is 1. The fourth-order valence-corrected chi connectivity index (χ4v) is 5.66. The molecular weight excluding hydrogens is 534 g/mol. The Morgan fingerprint density at radius 3 is 2.33 bits per heavy atom. The van der Waals surface area contributed by atoms with Gasteiger partial charge in [0.05, 0.1) is 22.1 Å². The highest BCUT2D eigenvalue weighted by molar-refractivity contribution is 8.00. The van der Waals surface area contributed by atoms with Crippen LogP contribution in [-0.2, 0) is 9.59 Å². The molecule has 1 unspecified atom stereocenters. The Morgan fingerprint density at radius 1 is 1.05 bits per heavy atom. The summed E-state index contributed by atoms with van der Waals surface area (Å²) in [6.45, 7) is 0. The van der Waals surface area contributed by atoms with Crippen LogP contribution >= 0.6 is 23.4 Å². The minimum atomic E-state index is -0.805. The number of aromatic nitrogens is 1. The summed E-state index contributed by atoms with van der Waals surface area (Å²) < 4.78 is 0. The Kier molecular flexibility index (Phi) is 7.21. The van der Waals surface area contributed by atoms with Gasteiger partial charge < -0.3 is 5.73 Å². The van der Waals surface area contributed by atoms with E-state index in [0.717, 1.165) is 35.1 Å². The van der Waals surface area contributed by atoms with E-state index in [0.29, 0.717) is 21.8 Å².